The molecule has 2 aromatic rings. The summed E-state index contributed by atoms with van der Waals surface area (Å²) in [5, 5.41) is 2.99. The molecule has 1 heterocycles. The van der Waals surface area contributed by atoms with Crippen LogP contribution < -0.4 is 20.9 Å². The summed E-state index contributed by atoms with van der Waals surface area (Å²) in [5.74, 6) is 0.823. The van der Waals surface area contributed by atoms with Gasteiger partial charge in [-0.15, -0.1) is 0 Å². The Hall–Kier alpha value is -1.89. The summed E-state index contributed by atoms with van der Waals surface area (Å²) in [5.41, 5.74) is 9.29. The van der Waals surface area contributed by atoms with Gasteiger partial charge in [0.05, 0.1) is 6.61 Å². The first-order chi connectivity index (χ1) is 12.1. The molecule has 1 fully saturated rings. The van der Waals surface area contributed by atoms with E-state index in [9.17, 15) is 4.79 Å². The molecule has 1 aliphatic rings. The van der Waals surface area contributed by atoms with E-state index in [1.807, 2.05) is 56.3 Å². The van der Waals surface area contributed by atoms with Crippen molar-refractivity contribution in [2.45, 2.75) is 32.4 Å². The maximum atomic E-state index is 12.5. The number of benzene rings is 2. The second-order valence-electron chi connectivity index (χ2n) is 6.08. The van der Waals surface area contributed by atoms with Crippen LogP contribution in [0.15, 0.2) is 46.9 Å². The fourth-order valence-corrected chi connectivity index (χ4v) is 3.37. The molecule has 132 valence electrons. The minimum Gasteiger partial charge on any atom is -0.494 e. The van der Waals surface area contributed by atoms with Gasteiger partial charge in [-0.1, -0.05) is 28.1 Å². The Labute approximate surface area is 156 Å². The normalized spacial score (nSPS) is 19.6. The number of halogens is 1. The van der Waals surface area contributed by atoms with Crippen LogP contribution in [0.1, 0.15) is 30.5 Å². The fourth-order valence-electron chi connectivity index (χ4n) is 2.90. The Bertz CT molecular complexity index is 749. The molecule has 6 heteroatoms. The largest absolute Gasteiger partial charge is 0.494 e. The number of carbonyl (C=O) groups excluding carboxylic acids is 1. The monoisotopic (exact) mass is 403 g/mol. The molecule has 0 bridgehead atoms. The van der Waals surface area contributed by atoms with Crippen LogP contribution in [0.25, 0.3) is 0 Å². The molecule has 0 saturated carbocycles. The van der Waals surface area contributed by atoms with Crippen LogP contribution in [-0.4, -0.2) is 18.6 Å². The van der Waals surface area contributed by atoms with Crippen molar-refractivity contribution in [3.05, 3.63) is 58.1 Å². The van der Waals surface area contributed by atoms with Crippen LogP contribution in [0.2, 0.25) is 0 Å². The predicted molar refractivity (Wildman–Crippen MR) is 103 cm³/mol. The maximum Gasteiger partial charge on any atom is 0.242 e. The average molecular weight is 404 g/mol. The van der Waals surface area contributed by atoms with Crippen molar-refractivity contribution in [3.63, 3.8) is 0 Å². The first kappa shape index (κ1) is 17.9. The number of carbonyl (C=O) groups is 1. The molecule has 0 aliphatic carbocycles. The van der Waals surface area contributed by atoms with Gasteiger partial charge >= 0.3 is 0 Å². The van der Waals surface area contributed by atoms with Gasteiger partial charge in [0.25, 0.3) is 0 Å². The molecule has 2 atom stereocenters. The summed E-state index contributed by atoms with van der Waals surface area (Å²) in [6, 6.07) is 13.6. The number of ether oxygens (including phenoxy) is 1. The number of hydrogen-bond donors (Lipinski definition) is 3. The van der Waals surface area contributed by atoms with Crippen molar-refractivity contribution in [1.82, 2.24) is 10.9 Å². The smallest absolute Gasteiger partial charge is 0.242 e. The molecule has 5 nitrogen and oxygen atoms in total. The molecule has 1 aliphatic heterocycles. The van der Waals surface area contributed by atoms with Gasteiger partial charge in [0.15, 0.2) is 0 Å². The number of nitrogens with one attached hydrogen (secondary N) is 3. The van der Waals surface area contributed by atoms with Gasteiger partial charge in [-0.3, -0.25) is 4.79 Å². The van der Waals surface area contributed by atoms with E-state index in [1.54, 1.807) is 0 Å². The third-order valence-electron chi connectivity index (χ3n) is 4.26. The summed E-state index contributed by atoms with van der Waals surface area (Å²) in [7, 11) is 0. The van der Waals surface area contributed by atoms with E-state index in [2.05, 4.69) is 32.1 Å². The fraction of sp³-hybridized carbons (Fsp3) is 0.316. The lowest BCUT2D eigenvalue weighted by Crippen LogP contribution is -2.39. The van der Waals surface area contributed by atoms with Gasteiger partial charge in [-0.05, 0) is 61.7 Å². The standard InChI is InChI=1S/C19H22BrN3O2/c1-3-25-15-7-4-13(5-8-15)17-11-18(23-22-17)19(24)21-16-9-6-14(20)10-12(16)2/h4-10,17-18,22-23H,3,11H2,1-2H3,(H,21,24). The van der Waals surface area contributed by atoms with Crippen molar-refractivity contribution in [2.24, 2.45) is 0 Å². The summed E-state index contributed by atoms with van der Waals surface area (Å²) < 4.78 is 6.46. The highest BCUT2D eigenvalue weighted by molar-refractivity contribution is 9.10. The van der Waals surface area contributed by atoms with E-state index in [4.69, 9.17) is 4.74 Å². The van der Waals surface area contributed by atoms with Gasteiger partial charge in [0, 0.05) is 16.2 Å². The summed E-state index contributed by atoms with van der Waals surface area (Å²) in [6.45, 7) is 4.59. The second kappa shape index (κ2) is 7.99. The number of aryl methyl sites for hydroxylation is 1. The molecular formula is C19H22BrN3O2. The van der Waals surface area contributed by atoms with Crippen molar-refractivity contribution >= 4 is 27.5 Å². The number of rotatable bonds is 5. The number of hydrazine groups is 1. The molecule has 3 rings (SSSR count). The zero-order valence-corrected chi connectivity index (χ0v) is 15.9. The number of amides is 1. The average Bonchev–Trinajstić information content (AvgIpc) is 3.08. The van der Waals surface area contributed by atoms with Crippen LogP contribution in [0.4, 0.5) is 5.69 Å². The zero-order chi connectivity index (χ0) is 17.8. The Kier molecular flexibility index (Phi) is 5.73. The lowest BCUT2D eigenvalue weighted by Gasteiger charge is -2.13. The third-order valence-corrected chi connectivity index (χ3v) is 4.75. The first-order valence-corrected chi connectivity index (χ1v) is 9.17. The zero-order valence-electron chi connectivity index (χ0n) is 14.3. The van der Waals surface area contributed by atoms with Gasteiger partial charge in [-0.25, -0.2) is 10.9 Å². The summed E-state index contributed by atoms with van der Waals surface area (Å²) in [6.07, 6.45) is 0.690. The lowest BCUT2D eigenvalue weighted by molar-refractivity contribution is -0.117. The van der Waals surface area contributed by atoms with Gasteiger partial charge in [-0.2, -0.15) is 0 Å². The van der Waals surface area contributed by atoms with Crippen LogP contribution in [0.3, 0.4) is 0 Å². The Balaban J connectivity index is 1.60. The molecule has 25 heavy (non-hydrogen) atoms. The van der Waals surface area contributed by atoms with Gasteiger partial charge in [0.2, 0.25) is 5.91 Å². The van der Waals surface area contributed by atoms with Gasteiger partial charge in [0.1, 0.15) is 11.8 Å². The van der Waals surface area contributed by atoms with Crippen LogP contribution in [-0.2, 0) is 4.79 Å². The predicted octanol–water partition coefficient (Wildman–Crippen LogP) is 3.70. The molecule has 3 N–H and O–H groups in total. The summed E-state index contributed by atoms with van der Waals surface area (Å²) in [4.78, 5) is 12.5. The van der Waals surface area contributed by atoms with E-state index >= 15 is 0 Å². The molecular weight excluding hydrogens is 382 g/mol. The quantitative estimate of drug-likeness (QED) is 0.711. The highest BCUT2D eigenvalue weighted by atomic mass is 79.9. The van der Waals surface area contributed by atoms with Crippen molar-refractivity contribution < 1.29 is 9.53 Å². The highest BCUT2D eigenvalue weighted by Crippen LogP contribution is 2.26. The summed E-state index contributed by atoms with van der Waals surface area (Å²) >= 11 is 3.43. The Morgan fingerprint density at radius 2 is 2.00 bits per heavy atom. The van der Waals surface area contributed by atoms with Crippen molar-refractivity contribution in [2.75, 3.05) is 11.9 Å². The van der Waals surface area contributed by atoms with E-state index in [0.717, 1.165) is 27.0 Å². The van der Waals surface area contributed by atoms with E-state index in [1.165, 1.54) is 0 Å². The molecule has 2 aromatic carbocycles. The third kappa shape index (κ3) is 4.39. The van der Waals surface area contributed by atoms with E-state index < -0.39 is 0 Å². The first-order valence-electron chi connectivity index (χ1n) is 8.37. The number of hydrogen-bond acceptors (Lipinski definition) is 4. The van der Waals surface area contributed by atoms with Crippen molar-refractivity contribution in [3.8, 4) is 5.75 Å². The minimum absolute atomic E-state index is 0.0358. The number of anilines is 1. The lowest BCUT2D eigenvalue weighted by atomic mass is 10.0. The molecule has 1 saturated heterocycles. The maximum absolute atomic E-state index is 12.5. The van der Waals surface area contributed by atoms with Crippen LogP contribution in [0, 0.1) is 6.92 Å². The Morgan fingerprint density at radius 1 is 1.24 bits per heavy atom. The molecule has 2 unspecified atom stereocenters. The Morgan fingerprint density at radius 3 is 2.68 bits per heavy atom. The molecule has 0 spiro atoms. The molecule has 0 aromatic heterocycles. The van der Waals surface area contributed by atoms with Gasteiger partial charge < -0.3 is 10.1 Å². The van der Waals surface area contributed by atoms with E-state index in [0.29, 0.717) is 13.0 Å². The van der Waals surface area contributed by atoms with Crippen LogP contribution >= 0.6 is 15.9 Å². The topological polar surface area (TPSA) is 62.4 Å². The minimum atomic E-state index is -0.278. The highest BCUT2D eigenvalue weighted by Gasteiger charge is 2.30. The molecule has 1 amide bonds. The SMILES string of the molecule is CCOc1ccc(C2CC(C(=O)Nc3ccc(Br)cc3C)NN2)cc1. The molecule has 0 radical (unpaired) electrons. The van der Waals surface area contributed by atoms with Crippen molar-refractivity contribution in [1.29, 1.82) is 0 Å². The van der Waals surface area contributed by atoms with Crippen LogP contribution in [0.5, 0.6) is 5.75 Å². The van der Waals surface area contributed by atoms with E-state index in [-0.39, 0.29) is 18.0 Å². The second-order valence-corrected chi connectivity index (χ2v) is 7.00.